The van der Waals surface area contributed by atoms with Gasteiger partial charge in [0.05, 0.1) is 0 Å². The van der Waals surface area contributed by atoms with Crippen molar-refractivity contribution in [2.75, 3.05) is 7.05 Å². The number of carbonyl (C=O) groups is 2. The van der Waals surface area contributed by atoms with E-state index in [9.17, 15) is 14.0 Å². The number of carboxylic acid groups (broad SMARTS) is 1. The van der Waals surface area contributed by atoms with Crippen molar-refractivity contribution in [1.82, 2.24) is 4.90 Å². The maximum Gasteiger partial charge on any atom is 0.331 e. The lowest BCUT2D eigenvalue weighted by molar-refractivity contribution is -0.145. The Hall–Kier alpha value is -1.43. The third-order valence-electron chi connectivity index (χ3n) is 2.06. The van der Waals surface area contributed by atoms with E-state index in [4.69, 9.17) is 5.11 Å². The standard InChI is InChI=1S/C10H9BrFNO3/c1-13(5-14)9(10(15)16)7-4-6(11)2-3-8(7)12/h2-5,9H,1H3,(H,15,16). The monoisotopic (exact) mass is 289 g/mol. The van der Waals surface area contributed by atoms with Gasteiger partial charge in [-0.2, -0.15) is 0 Å². The molecule has 0 bridgehead atoms. The van der Waals surface area contributed by atoms with Gasteiger partial charge in [-0.25, -0.2) is 9.18 Å². The van der Waals surface area contributed by atoms with Gasteiger partial charge < -0.3 is 10.0 Å². The molecule has 6 heteroatoms. The lowest BCUT2D eigenvalue weighted by Crippen LogP contribution is -2.30. The maximum atomic E-state index is 13.4. The van der Waals surface area contributed by atoms with Crippen molar-refractivity contribution in [2.45, 2.75) is 6.04 Å². The minimum atomic E-state index is -1.32. The number of nitrogens with zero attached hydrogens (tertiary/aromatic N) is 1. The molecule has 0 fully saturated rings. The molecule has 86 valence electrons. The van der Waals surface area contributed by atoms with E-state index in [1.807, 2.05) is 0 Å². The van der Waals surface area contributed by atoms with Crippen molar-refractivity contribution in [3.63, 3.8) is 0 Å². The van der Waals surface area contributed by atoms with Crippen LogP contribution in [0.3, 0.4) is 0 Å². The Morgan fingerprint density at radius 1 is 1.62 bits per heavy atom. The highest BCUT2D eigenvalue weighted by molar-refractivity contribution is 9.10. The number of rotatable bonds is 4. The smallest absolute Gasteiger partial charge is 0.331 e. The van der Waals surface area contributed by atoms with Crippen LogP contribution >= 0.6 is 15.9 Å². The number of amides is 1. The second-order valence-corrected chi connectivity index (χ2v) is 4.09. The molecule has 1 aromatic carbocycles. The summed E-state index contributed by atoms with van der Waals surface area (Å²) >= 11 is 3.12. The van der Waals surface area contributed by atoms with Crippen molar-refractivity contribution in [3.8, 4) is 0 Å². The number of hydrogen-bond donors (Lipinski definition) is 1. The first-order chi connectivity index (χ1) is 7.47. The number of halogens is 2. The summed E-state index contributed by atoms with van der Waals surface area (Å²) in [7, 11) is 1.28. The normalized spacial score (nSPS) is 11.9. The minimum Gasteiger partial charge on any atom is -0.479 e. The van der Waals surface area contributed by atoms with Gasteiger partial charge in [0.2, 0.25) is 6.41 Å². The molecule has 0 aliphatic rings. The van der Waals surface area contributed by atoms with E-state index in [1.54, 1.807) is 0 Å². The molecule has 0 heterocycles. The molecule has 0 aliphatic heterocycles. The van der Waals surface area contributed by atoms with Crippen molar-refractivity contribution in [3.05, 3.63) is 34.1 Å². The molecular weight excluding hydrogens is 281 g/mol. The molecular formula is C10H9BrFNO3. The highest BCUT2D eigenvalue weighted by Gasteiger charge is 2.26. The van der Waals surface area contributed by atoms with E-state index in [-0.39, 0.29) is 5.56 Å². The van der Waals surface area contributed by atoms with E-state index in [1.165, 1.54) is 19.2 Å². The largest absolute Gasteiger partial charge is 0.479 e. The Kier molecular flexibility index (Phi) is 4.00. The number of carboxylic acids is 1. The molecule has 4 nitrogen and oxygen atoms in total. The second kappa shape index (κ2) is 5.07. The van der Waals surface area contributed by atoms with Crippen molar-refractivity contribution < 1.29 is 19.1 Å². The molecule has 1 aromatic rings. The summed E-state index contributed by atoms with van der Waals surface area (Å²) in [6.07, 6.45) is 0.346. The topological polar surface area (TPSA) is 57.6 Å². The van der Waals surface area contributed by atoms with Gasteiger partial charge >= 0.3 is 5.97 Å². The summed E-state index contributed by atoms with van der Waals surface area (Å²) in [5, 5.41) is 8.96. The van der Waals surface area contributed by atoms with E-state index < -0.39 is 17.8 Å². The van der Waals surface area contributed by atoms with Gasteiger partial charge in [-0.1, -0.05) is 15.9 Å². The molecule has 1 amide bonds. The van der Waals surface area contributed by atoms with Crippen LogP contribution in [0.4, 0.5) is 4.39 Å². The molecule has 0 aromatic heterocycles. The highest BCUT2D eigenvalue weighted by Crippen LogP contribution is 2.25. The molecule has 1 rings (SSSR count). The van der Waals surface area contributed by atoms with E-state index in [2.05, 4.69) is 15.9 Å². The number of hydrogen-bond acceptors (Lipinski definition) is 2. The maximum absolute atomic E-state index is 13.4. The Morgan fingerprint density at radius 3 is 2.75 bits per heavy atom. The van der Waals surface area contributed by atoms with Gasteiger partial charge in [0, 0.05) is 17.1 Å². The van der Waals surface area contributed by atoms with Crippen LogP contribution in [0.5, 0.6) is 0 Å². The minimum absolute atomic E-state index is 0.0588. The third kappa shape index (κ3) is 2.57. The Balaban J connectivity index is 3.25. The van der Waals surface area contributed by atoms with Gasteiger partial charge in [0.1, 0.15) is 5.82 Å². The first-order valence-electron chi connectivity index (χ1n) is 4.32. The summed E-state index contributed by atoms with van der Waals surface area (Å²) in [6, 6.07) is 2.62. The zero-order valence-corrected chi connectivity index (χ0v) is 9.94. The van der Waals surface area contributed by atoms with E-state index in [0.29, 0.717) is 10.9 Å². The zero-order valence-electron chi connectivity index (χ0n) is 8.35. The lowest BCUT2D eigenvalue weighted by Gasteiger charge is -2.21. The molecule has 0 saturated carbocycles. The van der Waals surface area contributed by atoms with Gasteiger partial charge in [0.15, 0.2) is 6.04 Å². The first-order valence-corrected chi connectivity index (χ1v) is 5.11. The molecule has 1 N–H and O–H groups in total. The van der Waals surface area contributed by atoms with Crippen LogP contribution in [0.25, 0.3) is 0 Å². The predicted octanol–water partition coefficient (Wildman–Crippen LogP) is 1.80. The number of benzene rings is 1. The van der Waals surface area contributed by atoms with Crippen LogP contribution in [0.15, 0.2) is 22.7 Å². The van der Waals surface area contributed by atoms with Gasteiger partial charge in [0.25, 0.3) is 0 Å². The van der Waals surface area contributed by atoms with Gasteiger partial charge in [-0.3, -0.25) is 4.79 Å². The highest BCUT2D eigenvalue weighted by atomic mass is 79.9. The second-order valence-electron chi connectivity index (χ2n) is 3.18. The van der Waals surface area contributed by atoms with Gasteiger partial charge in [-0.15, -0.1) is 0 Å². The van der Waals surface area contributed by atoms with Crippen LogP contribution in [0.2, 0.25) is 0 Å². The molecule has 1 unspecified atom stereocenters. The number of carbonyl (C=O) groups excluding carboxylic acids is 1. The summed E-state index contributed by atoms with van der Waals surface area (Å²) in [6.45, 7) is 0. The summed E-state index contributed by atoms with van der Waals surface area (Å²) in [4.78, 5) is 22.4. The third-order valence-corrected chi connectivity index (χ3v) is 2.55. The molecule has 0 aliphatic carbocycles. The fraction of sp³-hybridized carbons (Fsp3) is 0.200. The summed E-state index contributed by atoms with van der Waals surface area (Å²) in [5.74, 6) is -1.95. The quantitative estimate of drug-likeness (QED) is 0.860. The van der Waals surface area contributed by atoms with Crippen LogP contribution in [-0.2, 0) is 9.59 Å². The summed E-state index contributed by atoms with van der Waals surface area (Å²) in [5.41, 5.74) is -0.0588. The van der Waals surface area contributed by atoms with Crippen LogP contribution < -0.4 is 0 Å². The fourth-order valence-electron chi connectivity index (χ4n) is 1.31. The lowest BCUT2D eigenvalue weighted by atomic mass is 10.1. The van der Waals surface area contributed by atoms with Crippen molar-refractivity contribution >= 4 is 28.3 Å². The van der Waals surface area contributed by atoms with Crippen molar-refractivity contribution in [1.29, 1.82) is 0 Å². The molecule has 0 saturated heterocycles. The average Bonchev–Trinajstić information content (AvgIpc) is 2.22. The number of likely N-dealkylation sites (N-methyl/N-ethyl adjacent to an activating group) is 1. The Labute approximate surface area is 99.8 Å². The van der Waals surface area contributed by atoms with E-state index >= 15 is 0 Å². The molecule has 0 radical (unpaired) electrons. The molecule has 16 heavy (non-hydrogen) atoms. The fourth-order valence-corrected chi connectivity index (χ4v) is 1.69. The van der Waals surface area contributed by atoms with Crippen LogP contribution in [0, 0.1) is 5.82 Å². The van der Waals surface area contributed by atoms with Crippen molar-refractivity contribution in [2.24, 2.45) is 0 Å². The van der Waals surface area contributed by atoms with E-state index in [0.717, 1.165) is 11.0 Å². The molecule has 1 atom stereocenters. The zero-order chi connectivity index (χ0) is 12.3. The Morgan fingerprint density at radius 2 is 2.25 bits per heavy atom. The SMILES string of the molecule is CN(C=O)C(C(=O)O)c1cc(Br)ccc1F. The predicted molar refractivity (Wildman–Crippen MR) is 58.3 cm³/mol. The Bertz CT molecular complexity index is 425. The summed E-state index contributed by atoms with van der Waals surface area (Å²) < 4.78 is 14.0. The first kappa shape index (κ1) is 12.6. The molecule has 0 spiro atoms. The van der Waals surface area contributed by atoms with Crippen LogP contribution in [0.1, 0.15) is 11.6 Å². The number of aliphatic carboxylic acids is 1. The van der Waals surface area contributed by atoms with Gasteiger partial charge in [-0.05, 0) is 18.2 Å². The van der Waals surface area contributed by atoms with Crippen LogP contribution in [-0.4, -0.2) is 29.4 Å². The average molecular weight is 290 g/mol.